The van der Waals surface area contributed by atoms with Crippen LogP contribution in [0.5, 0.6) is 11.5 Å². The Kier molecular flexibility index (Phi) is 4.03. The molecule has 1 aliphatic rings. The summed E-state index contributed by atoms with van der Waals surface area (Å²) in [6, 6.07) is 5.07. The lowest BCUT2D eigenvalue weighted by Crippen LogP contribution is -2.33. The minimum Gasteiger partial charge on any atom is -0.507 e. The summed E-state index contributed by atoms with van der Waals surface area (Å²) in [5, 5.41) is 14.0. The SMILES string of the molecule is COc1ccc(O)c(-c2nc(C3CSCCN3C)no2)c1. The standard InChI is InChI=1S/C14H17N3O3S/c1-17-5-6-21-8-11(17)13-15-14(20-16-13)10-7-9(19-2)3-4-12(10)18/h3-4,7,11,18H,5-6,8H2,1-2H3. The maximum absolute atomic E-state index is 9.96. The summed E-state index contributed by atoms with van der Waals surface area (Å²) in [6.45, 7) is 1.00. The molecule has 112 valence electrons. The monoisotopic (exact) mass is 307 g/mol. The largest absolute Gasteiger partial charge is 0.507 e. The fourth-order valence-electron chi connectivity index (χ4n) is 2.25. The second kappa shape index (κ2) is 5.95. The van der Waals surface area contributed by atoms with Crippen LogP contribution in [0.1, 0.15) is 11.9 Å². The average molecular weight is 307 g/mol. The Morgan fingerprint density at radius 3 is 3.10 bits per heavy atom. The summed E-state index contributed by atoms with van der Waals surface area (Å²) in [7, 11) is 3.63. The number of phenolic OH excluding ortho intramolecular Hbond substituents is 1. The lowest BCUT2D eigenvalue weighted by Gasteiger charge is -2.29. The number of benzene rings is 1. The third kappa shape index (κ3) is 2.84. The van der Waals surface area contributed by atoms with Crippen LogP contribution in [0.2, 0.25) is 0 Å². The zero-order valence-electron chi connectivity index (χ0n) is 11.9. The molecular weight excluding hydrogens is 290 g/mol. The quantitative estimate of drug-likeness (QED) is 0.931. The highest BCUT2D eigenvalue weighted by Crippen LogP contribution is 2.33. The highest BCUT2D eigenvalue weighted by Gasteiger charge is 2.26. The molecule has 1 aliphatic heterocycles. The van der Waals surface area contributed by atoms with E-state index in [2.05, 4.69) is 22.1 Å². The van der Waals surface area contributed by atoms with Crippen molar-refractivity contribution in [2.24, 2.45) is 0 Å². The molecule has 1 aromatic heterocycles. The molecule has 1 aromatic carbocycles. The van der Waals surface area contributed by atoms with E-state index in [1.165, 1.54) is 0 Å². The van der Waals surface area contributed by atoms with Gasteiger partial charge in [0.2, 0.25) is 0 Å². The Balaban J connectivity index is 1.91. The molecule has 0 amide bonds. The highest BCUT2D eigenvalue weighted by molar-refractivity contribution is 7.99. The van der Waals surface area contributed by atoms with Crippen LogP contribution in [0.4, 0.5) is 0 Å². The number of nitrogens with zero attached hydrogens (tertiary/aromatic N) is 3. The molecule has 3 rings (SSSR count). The Morgan fingerprint density at radius 1 is 1.48 bits per heavy atom. The third-order valence-electron chi connectivity index (χ3n) is 3.57. The normalized spacial score (nSPS) is 19.6. The average Bonchev–Trinajstić information content (AvgIpc) is 2.97. The number of hydrogen-bond acceptors (Lipinski definition) is 7. The Morgan fingerprint density at radius 2 is 2.33 bits per heavy atom. The van der Waals surface area contributed by atoms with Crippen LogP contribution in [0.25, 0.3) is 11.5 Å². The summed E-state index contributed by atoms with van der Waals surface area (Å²) in [6.07, 6.45) is 0. The van der Waals surface area contributed by atoms with E-state index >= 15 is 0 Å². The number of aromatic nitrogens is 2. The molecule has 0 radical (unpaired) electrons. The lowest BCUT2D eigenvalue weighted by molar-refractivity contribution is 0.257. The topological polar surface area (TPSA) is 71.6 Å². The van der Waals surface area contributed by atoms with Gasteiger partial charge in [0, 0.05) is 18.1 Å². The van der Waals surface area contributed by atoms with Crippen molar-refractivity contribution in [1.29, 1.82) is 0 Å². The van der Waals surface area contributed by atoms with Crippen LogP contribution in [0, 0.1) is 0 Å². The number of hydrogen-bond donors (Lipinski definition) is 1. The van der Waals surface area contributed by atoms with Gasteiger partial charge >= 0.3 is 0 Å². The number of rotatable bonds is 3. The summed E-state index contributed by atoms with van der Waals surface area (Å²) < 4.78 is 10.5. The smallest absolute Gasteiger partial charge is 0.261 e. The van der Waals surface area contributed by atoms with Crippen LogP contribution in [0.15, 0.2) is 22.7 Å². The molecular formula is C14H17N3O3S. The van der Waals surface area contributed by atoms with Crippen molar-refractivity contribution in [3.8, 4) is 23.0 Å². The first-order valence-corrected chi connectivity index (χ1v) is 7.83. The van der Waals surface area contributed by atoms with Gasteiger partial charge in [-0.3, -0.25) is 4.90 Å². The van der Waals surface area contributed by atoms with E-state index in [0.717, 1.165) is 18.1 Å². The minimum absolute atomic E-state index is 0.0948. The van der Waals surface area contributed by atoms with Crippen molar-refractivity contribution in [1.82, 2.24) is 15.0 Å². The van der Waals surface area contributed by atoms with Gasteiger partial charge in [0.25, 0.3) is 5.89 Å². The molecule has 0 spiro atoms. The molecule has 2 heterocycles. The van der Waals surface area contributed by atoms with Gasteiger partial charge in [0.15, 0.2) is 5.82 Å². The van der Waals surface area contributed by atoms with E-state index in [0.29, 0.717) is 23.0 Å². The summed E-state index contributed by atoms with van der Waals surface area (Å²) >= 11 is 1.88. The van der Waals surface area contributed by atoms with Gasteiger partial charge in [-0.1, -0.05) is 5.16 Å². The van der Waals surface area contributed by atoms with Gasteiger partial charge < -0.3 is 14.4 Å². The van der Waals surface area contributed by atoms with Crippen molar-refractivity contribution >= 4 is 11.8 Å². The Bertz CT molecular complexity index is 632. The second-order valence-electron chi connectivity index (χ2n) is 4.91. The second-order valence-corrected chi connectivity index (χ2v) is 6.06. The fraction of sp³-hybridized carbons (Fsp3) is 0.429. The maximum atomic E-state index is 9.96. The number of thioether (sulfide) groups is 1. The molecule has 2 aromatic rings. The van der Waals surface area contributed by atoms with Crippen LogP contribution < -0.4 is 4.74 Å². The first-order valence-electron chi connectivity index (χ1n) is 6.68. The van der Waals surface area contributed by atoms with E-state index in [1.54, 1.807) is 25.3 Å². The van der Waals surface area contributed by atoms with E-state index < -0.39 is 0 Å². The van der Waals surface area contributed by atoms with Gasteiger partial charge in [-0.2, -0.15) is 16.7 Å². The van der Waals surface area contributed by atoms with E-state index in [9.17, 15) is 5.11 Å². The van der Waals surface area contributed by atoms with Crippen molar-refractivity contribution in [2.45, 2.75) is 6.04 Å². The number of aromatic hydroxyl groups is 1. The predicted molar refractivity (Wildman–Crippen MR) is 80.6 cm³/mol. The van der Waals surface area contributed by atoms with Gasteiger partial charge in [0.1, 0.15) is 11.5 Å². The molecule has 1 N–H and O–H groups in total. The molecule has 1 fully saturated rings. The third-order valence-corrected chi connectivity index (χ3v) is 4.59. The molecule has 0 bridgehead atoms. The van der Waals surface area contributed by atoms with E-state index in [4.69, 9.17) is 9.26 Å². The van der Waals surface area contributed by atoms with Crippen molar-refractivity contribution in [3.05, 3.63) is 24.0 Å². The zero-order valence-corrected chi connectivity index (χ0v) is 12.8. The van der Waals surface area contributed by atoms with Gasteiger partial charge in [-0.15, -0.1) is 0 Å². The molecule has 21 heavy (non-hydrogen) atoms. The van der Waals surface area contributed by atoms with Crippen LogP contribution in [0.3, 0.4) is 0 Å². The maximum Gasteiger partial charge on any atom is 0.261 e. The molecule has 1 atom stereocenters. The summed E-state index contributed by atoms with van der Waals surface area (Å²) in [5.41, 5.74) is 0.485. The van der Waals surface area contributed by atoms with Gasteiger partial charge in [-0.25, -0.2) is 0 Å². The molecule has 0 aliphatic carbocycles. The van der Waals surface area contributed by atoms with Crippen LogP contribution in [-0.4, -0.2) is 52.4 Å². The van der Waals surface area contributed by atoms with Crippen molar-refractivity contribution in [2.75, 3.05) is 32.2 Å². The van der Waals surface area contributed by atoms with Crippen LogP contribution >= 0.6 is 11.8 Å². The minimum atomic E-state index is 0.0948. The van der Waals surface area contributed by atoms with E-state index in [-0.39, 0.29) is 11.8 Å². The number of methoxy groups -OCH3 is 1. The number of phenols is 1. The predicted octanol–water partition coefficient (Wildman–Crippen LogP) is 2.17. The fourth-order valence-corrected chi connectivity index (χ4v) is 3.46. The van der Waals surface area contributed by atoms with Crippen LogP contribution in [-0.2, 0) is 0 Å². The van der Waals surface area contributed by atoms with Crippen molar-refractivity contribution < 1.29 is 14.4 Å². The molecule has 6 nitrogen and oxygen atoms in total. The summed E-state index contributed by atoms with van der Waals surface area (Å²) in [5.74, 6) is 3.76. The summed E-state index contributed by atoms with van der Waals surface area (Å²) in [4.78, 5) is 6.66. The lowest BCUT2D eigenvalue weighted by atomic mass is 10.2. The molecule has 1 saturated heterocycles. The highest BCUT2D eigenvalue weighted by atomic mass is 32.2. The Labute approximate surface area is 127 Å². The first-order chi connectivity index (χ1) is 10.2. The molecule has 0 saturated carbocycles. The van der Waals surface area contributed by atoms with Gasteiger partial charge in [-0.05, 0) is 25.2 Å². The van der Waals surface area contributed by atoms with Crippen molar-refractivity contribution in [3.63, 3.8) is 0 Å². The molecule has 1 unspecified atom stereocenters. The zero-order chi connectivity index (χ0) is 14.8. The van der Waals surface area contributed by atoms with Gasteiger partial charge in [0.05, 0.1) is 18.7 Å². The first kappa shape index (κ1) is 14.2. The Hall–Kier alpha value is -1.73. The van der Waals surface area contributed by atoms with E-state index in [1.807, 2.05) is 11.8 Å². The molecule has 7 heteroatoms. The number of ether oxygens (including phenoxy) is 1.